The third-order valence-electron chi connectivity index (χ3n) is 1.26. The van der Waals surface area contributed by atoms with E-state index in [1.165, 1.54) is 6.20 Å². The van der Waals surface area contributed by atoms with Crippen LogP contribution in [0.5, 0.6) is 0 Å². The van der Waals surface area contributed by atoms with Gasteiger partial charge in [0.2, 0.25) is 0 Å². The Balaban J connectivity index is 4.61. The fourth-order valence-electron chi connectivity index (χ4n) is 0.627. The van der Waals surface area contributed by atoms with E-state index in [0.717, 1.165) is 0 Å². The maximum Gasteiger partial charge on any atom is 0.143 e. The Morgan fingerprint density at radius 2 is 1.92 bits per heavy atom. The molecule has 0 atom stereocenters. The van der Waals surface area contributed by atoms with Gasteiger partial charge in [0.1, 0.15) is 5.83 Å². The number of hydrogen-bond acceptors (Lipinski definition) is 1. The number of allylic oxidation sites excluding steroid dienone is 3. The van der Waals surface area contributed by atoms with Crippen LogP contribution in [0.25, 0.3) is 0 Å². The topological polar surface area (TPSA) is 12.4 Å². The lowest BCUT2D eigenvalue weighted by molar-refractivity contribution is 0.668. The molecule has 0 fully saturated rings. The molecule has 0 saturated heterocycles. The van der Waals surface area contributed by atoms with Crippen LogP contribution in [0.2, 0.25) is 0 Å². The lowest BCUT2D eigenvalue weighted by atomic mass is 10.2. The molecule has 0 aromatic carbocycles. The van der Waals surface area contributed by atoms with Crippen LogP contribution in [0.4, 0.5) is 4.39 Å². The summed E-state index contributed by atoms with van der Waals surface area (Å²) < 4.78 is 13.0. The van der Waals surface area contributed by atoms with Crippen molar-refractivity contribution in [2.75, 3.05) is 0 Å². The lowest BCUT2D eigenvalue weighted by Gasteiger charge is -1.95. The van der Waals surface area contributed by atoms with Crippen LogP contribution in [0.15, 0.2) is 34.4 Å². The first-order chi connectivity index (χ1) is 5.59. The fraction of sp³-hybridized carbons (Fsp3) is 0.400. The average molecular weight is 167 g/mol. The predicted molar refractivity (Wildman–Crippen MR) is 50.9 cm³/mol. The highest BCUT2D eigenvalue weighted by atomic mass is 19.1. The first kappa shape index (κ1) is 10.9. The van der Waals surface area contributed by atoms with Gasteiger partial charge in [-0.2, -0.15) is 0 Å². The van der Waals surface area contributed by atoms with Crippen LogP contribution in [0, 0.1) is 0 Å². The summed E-state index contributed by atoms with van der Waals surface area (Å²) in [6.07, 6.45) is 3.18. The van der Waals surface area contributed by atoms with E-state index < -0.39 is 0 Å². The van der Waals surface area contributed by atoms with Crippen LogP contribution < -0.4 is 0 Å². The van der Waals surface area contributed by atoms with Crippen molar-refractivity contribution in [3.63, 3.8) is 0 Å². The molecule has 0 aliphatic carbocycles. The van der Waals surface area contributed by atoms with Gasteiger partial charge in [0.25, 0.3) is 0 Å². The van der Waals surface area contributed by atoms with Crippen LogP contribution >= 0.6 is 0 Å². The minimum absolute atomic E-state index is 0.246. The predicted octanol–water partition coefficient (Wildman–Crippen LogP) is 3.40. The quantitative estimate of drug-likeness (QED) is 0.441. The summed E-state index contributed by atoms with van der Waals surface area (Å²) in [6, 6.07) is 0. The summed E-state index contributed by atoms with van der Waals surface area (Å²) in [7, 11) is 0. The highest BCUT2D eigenvalue weighted by Gasteiger charge is 1.99. The number of rotatable bonds is 2. The normalized spacial score (nSPS) is 10.2. The van der Waals surface area contributed by atoms with Gasteiger partial charge >= 0.3 is 0 Å². The standard InChI is InChI=1S/C10H14FN/c1-5-6-7-12-9(4)10(11)8(2)3/h5,7H,1-4H3/b12-9-. The molecule has 0 aliphatic heterocycles. The first-order valence-electron chi connectivity index (χ1n) is 3.83. The van der Waals surface area contributed by atoms with Crippen LogP contribution in [0.3, 0.4) is 0 Å². The third kappa shape index (κ3) is 3.89. The average Bonchev–Trinajstić information content (AvgIpc) is 2.03. The molecule has 12 heavy (non-hydrogen) atoms. The highest BCUT2D eigenvalue weighted by Crippen LogP contribution is 2.06. The van der Waals surface area contributed by atoms with E-state index in [9.17, 15) is 4.39 Å². The minimum atomic E-state index is -0.246. The van der Waals surface area contributed by atoms with Gasteiger partial charge in [-0.05, 0) is 39.3 Å². The summed E-state index contributed by atoms with van der Waals surface area (Å²) in [6.45, 7) is 6.90. The summed E-state index contributed by atoms with van der Waals surface area (Å²) in [4.78, 5) is 3.85. The third-order valence-corrected chi connectivity index (χ3v) is 1.26. The Hall–Kier alpha value is -1.14. The molecule has 0 bridgehead atoms. The number of aliphatic imine (C=N–C) groups is 1. The zero-order chi connectivity index (χ0) is 9.56. The van der Waals surface area contributed by atoms with E-state index in [4.69, 9.17) is 0 Å². The van der Waals surface area contributed by atoms with E-state index >= 15 is 0 Å². The summed E-state index contributed by atoms with van der Waals surface area (Å²) >= 11 is 0. The Labute approximate surface area is 73.0 Å². The molecular formula is C10H14FN. The SMILES string of the molecule is CC=C=C/N=C(/C)C(F)=C(C)C. The summed E-state index contributed by atoms with van der Waals surface area (Å²) in [5, 5.41) is 0. The number of halogens is 1. The van der Waals surface area contributed by atoms with Crippen LogP contribution in [-0.4, -0.2) is 5.71 Å². The molecule has 2 heteroatoms. The van der Waals surface area contributed by atoms with E-state index in [2.05, 4.69) is 10.7 Å². The van der Waals surface area contributed by atoms with Crippen molar-refractivity contribution < 1.29 is 4.39 Å². The largest absolute Gasteiger partial charge is 0.250 e. The van der Waals surface area contributed by atoms with Crippen LogP contribution in [-0.2, 0) is 0 Å². The number of hydrogen-bond donors (Lipinski definition) is 0. The fourth-order valence-corrected chi connectivity index (χ4v) is 0.627. The second kappa shape index (κ2) is 5.50. The van der Waals surface area contributed by atoms with Crippen molar-refractivity contribution in [2.45, 2.75) is 27.7 Å². The van der Waals surface area contributed by atoms with Gasteiger partial charge in [0.05, 0.1) is 11.9 Å². The van der Waals surface area contributed by atoms with Gasteiger partial charge in [-0.1, -0.05) is 0 Å². The molecule has 0 spiro atoms. The molecule has 0 saturated carbocycles. The van der Waals surface area contributed by atoms with E-state index in [0.29, 0.717) is 11.3 Å². The van der Waals surface area contributed by atoms with Gasteiger partial charge in [-0.25, -0.2) is 4.39 Å². The smallest absolute Gasteiger partial charge is 0.143 e. The molecule has 0 N–H and O–H groups in total. The second-order valence-corrected chi connectivity index (χ2v) is 2.61. The van der Waals surface area contributed by atoms with Gasteiger partial charge in [-0.15, -0.1) is 5.73 Å². The minimum Gasteiger partial charge on any atom is -0.250 e. The maximum absolute atomic E-state index is 13.0. The molecule has 66 valence electrons. The van der Waals surface area contributed by atoms with E-state index in [1.807, 2.05) is 6.92 Å². The van der Waals surface area contributed by atoms with E-state index in [1.54, 1.807) is 26.8 Å². The van der Waals surface area contributed by atoms with Crippen molar-refractivity contribution in [3.05, 3.63) is 29.4 Å². The molecule has 0 amide bonds. The monoisotopic (exact) mass is 167 g/mol. The van der Waals surface area contributed by atoms with Crippen molar-refractivity contribution in [1.82, 2.24) is 0 Å². The molecule has 0 aromatic rings. The van der Waals surface area contributed by atoms with Crippen molar-refractivity contribution in [1.29, 1.82) is 0 Å². The van der Waals surface area contributed by atoms with Crippen molar-refractivity contribution >= 4 is 5.71 Å². The van der Waals surface area contributed by atoms with E-state index in [-0.39, 0.29) is 5.83 Å². The zero-order valence-electron chi connectivity index (χ0n) is 7.98. The molecular weight excluding hydrogens is 153 g/mol. The first-order valence-corrected chi connectivity index (χ1v) is 3.83. The highest BCUT2D eigenvalue weighted by molar-refractivity contribution is 5.97. The molecule has 0 radical (unpaired) electrons. The Morgan fingerprint density at radius 3 is 2.33 bits per heavy atom. The molecule has 0 rings (SSSR count). The molecule has 0 unspecified atom stereocenters. The van der Waals surface area contributed by atoms with Gasteiger partial charge in [-0.3, -0.25) is 4.99 Å². The van der Waals surface area contributed by atoms with Gasteiger partial charge in [0.15, 0.2) is 0 Å². The summed E-state index contributed by atoms with van der Waals surface area (Å²) in [5.41, 5.74) is 3.78. The van der Waals surface area contributed by atoms with Crippen molar-refractivity contribution in [2.24, 2.45) is 4.99 Å². The lowest BCUT2D eigenvalue weighted by Crippen LogP contribution is -1.92. The van der Waals surface area contributed by atoms with Crippen LogP contribution in [0.1, 0.15) is 27.7 Å². The maximum atomic E-state index is 13.0. The Kier molecular flexibility index (Phi) is 4.98. The Bertz CT molecular complexity index is 262. The Morgan fingerprint density at radius 1 is 1.33 bits per heavy atom. The number of nitrogens with zero attached hydrogens (tertiary/aromatic N) is 1. The molecule has 0 heterocycles. The molecule has 0 aromatic heterocycles. The van der Waals surface area contributed by atoms with Crippen molar-refractivity contribution in [3.8, 4) is 0 Å². The second-order valence-electron chi connectivity index (χ2n) is 2.61. The zero-order valence-corrected chi connectivity index (χ0v) is 7.98. The van der Waals surface area contributed by atoms with Gasteiger partial charge in [0, 0.05) is 0 Å². The molecule has 0 aliphatic rings. The van der Waals surface area contributed by atoms with Gasteiger partial charge < -0.3 is 0 Å². The molecule has 1 nitrogen and oxygen atoms in total. The summed E-state index contributed by atoms with van der Waals surface area (Å²) in [5.74, 6) is -0.246.